The van der Waals surface area contributed by atoms with Crippen molar-refractivity contribution >= 4 is 11.6 Å². The standard InChI is InChI=1S/C20H28O3/c1-11-8-13(21)9-12-4-5-14-15(20(11,12)3)6-7-19(2)16(14)10-17(22)18(19)23/h8,12,14-17,22H,4-7,9-10H2,1-3H3/t12-,14+,15-,16-,17?,19-,20-/m0/s1. The lowest BCUT2D eigenvalue weighted by molar-refractivity contribution is -0.139. The SMILES string of the molecule is CC1=CC(=O)C[C@@H]2CC[C@@H]3[C@H](CC[C@]4(C)C(=O)C(O)C[C@@H]34)[C@@]12C. The van der Waals surface area contributed by atoms with Crippen LogP contribution in [0.3, 0.4) is 0 Å². The van der Waals surface area contributed by atoms with Crippen LogP contribution in [0.25, 0.3) is 0 Å². The summed E-state index contributed by atoms with van der Waals surface area (Å²) in [6.07, 6.45) is 6.64. The van der Waals surface area contributed by atoms with Gasteiger partial charge in [0.1, 0.15) is 6.10 Å². The summed E-state index contributed by atoms with van der Waals surface area (Å²) in [7, 11) is 0. The zero-order valence-corrected chi connectivity index (χ0v) is 14.5. The number of hydrogen-bond acceptors (Lipinski definition) is 3. The van der Waals surface area contributed by atoms with E-state index in [9.17, 15) is 14.7 Å². The van der Waals surface area contributed by atoms with Crippen LogP contribution in [0.5, 0.6) is 0 Å². The lowest BCUT2D eigenvalue weighted by Crippen LogP contribution is -2.53. The van der Waals surface area contributed by atoms with E-state index < -0.39 is 6.10 Å². The summed E-state index contributed by atoms with van der Waals surface area (Å²) in [6.45, 7) is 6.59. The molecule has 4 aliphatic rings. The molecule has 3 fully saturated rings. The first kappa shape index (κ1) is 15.6. The molecule has 0 spiro atoms. The number of carbonyl (C=O) groups excluding carboxylic acids is 2. The Labute approximate surface area is 138 Å². The number of aliphatic hydroxyl groups is 1. The first-order valence-electron chi connectivity index (χ1n) is 9.22. The van der Waals surface area contributed by atoms with E-state index in [1.165, 1.54) is 5.57 Å². The van der Waals surface area contributed by atoms with Crippen LogP contribution in [0.2, 0.25) is 0 Å². The molecule has 3 heteroatoms. The summed E-state index contributed by atoms with van der Waals surface area (Å²) in [6, 6.07) is 0. The van der Waals surface area contributed by atoms with Gasteiger partial charge in [-0.15, -0.1) is 0 Å². The van der Waals surface area contributed by atoms with Crippen molar-refractivity contribution in [3.8, 4) is 0 Å². The van der Waals surface area contributed by atoms with E-state index in [4.69, 9.17) is 0 Å². The second-order valence-corrected chi connectivity index (χ2v) is 9.00. The maximum atomic E-state index is 12.5. The summed E-state index contributed by atoms with van der Waals surface area (Å²) in [5.41, 5.74) is 1.04. The number of fused-ring (bicyclic) bond motifs is 5. The molecule has 23 heavy (non-hydrogen) atoms. The summed E-state index contributed by atoms with van der Waals surface area (Å²) in [5, 5.41) is 10.2. The second-order valence-electron chi connectivity index (χ2n) is 9.00. The molecule has 3 saturated carbocycles. The summed E-state index contributed by atoms with van der Waals surface area (Å²) >= 11 is 0. The van der Waals surface area contributed by atoms with Crippen LogP contribution in [-0.4, -0.2) is 22.8 Å². The van der Waals surface area contributed by atoms with E-state index in [-0.39, 0.29) is 22.4 Å². The maximum absolute atomic E-state index is 12.5. The van der Waals surface area contributed by atoms with Crippen molar-refractivity contribution < 1.29 is 14.7 Å². The average molecular weight is 316 g/mol. The van der Waals surface area contributed by atoms with E-state index in [0.29, 0.717) is 36.5 Å². The molecule has 0 heterocycles. The molecule has 7 atom stereocenters. The Morgan fingerprint density at radius 2 is 1.87 bits per heavy atom. The minimum atomic E-state index is -0.751. The van der Waals surface area contributed by atoms with Gasteiger partial charge < -0.3 is 5.11 Å². The third kappa shape index (κ3) is 1.86. The monoisotopic (exact) mass is 316 g/mol. The number of rotatable bonds is 0. The highest BCUT2D eigenvalue weighted by atomic mass is 16.3. The molecule has 1 unspecified atom stereocenters. The smallest absolute Gasteiger partial charge is 0.167 e. The van der Waals surface area contributed by atoms with Gasteiger partial charge in [0.25, 0.3) is 0 Å². The Morgan fingerprint density at radius 1 is 1.13 bits per heavy atom. The molecule has 4 rings (SSSR count). The van der Waals surface area contributed by atoms with Crippen molar-refractivity contribution in [3.63, 3.8) is 0 Å². The Hall–Kier alpha value is -0.960. The topological polar surface area (TPSA) is 54.4 Å². The molecule has 126 valence electrons. The first-order valence-corrected chi connectivity index (χ1v) is 9.22. The highest BCUT2D eigenvalue weighted by Gasteiger charge is 2.62. The largest absolute Gasteiger partial charge is 0.385 e. The van der Waals surface area contributed by atoms with Gasteiger partial charge in [-0.25, -0.2) is 0 Å². The highest BCUT2D eigenvalue weighted by molar-refractivity contribution is 5.92. The van der Waals surface area contributed by atoms with Gasteiger partial charge in [0.05, 0.1) is 0 Å². The van der Waals surface area contributed by atoms with Crippen LogP contribution in [0.1, 0.15) is 59.3 Å². The molecule has 0 aromatic heterocycles. The van der Waals surface area contributed by atoms with Crippen molar-refractivity contribution in [1.29, 1.82) is 0 Å². The van der Waals surface area contributed by atoms with E-state index in [0.717, 1.165) is 25.7 Å². The van der Waals surface area contributed by atoms with Gasteiger partial charge in [-0.2, -0.15) is 0 Å². The predicted octanol–water partition coefficient (Wildman–Crippen LogP) is 3.30. The van der Waals surface area contributed by atoms with Crippen molar-refractivity contribution in [2.45, 2.75) is 65.4 Å². The Kier molecular flexibility index (Phi) is 3.23. The van der Waals surface area contributed by atoms with Crippen molar-refractivity contribution in [2.75, 3.05) is 0 Å². The lowest BCUT2D eigenvalue weighted by atomic mass is 9.45. The van der Waals surface area contributed by atoms with Gasteiger partial charge in [0.2, 0.25) is 0 Å². The summed E-state index contributed by atoms with van der Waals surface area (Å²) in [5.74, 6) is 2.24. The molecule has 0 radical (unpaired) electrons. The fourth-order valence-corrected chi connectivity index (χ4v) is 6.85. The van der Waals surface area contributed by atoms with E-state index >= 15 is 0 Å². The van der Waals surface area contributed by atoms with Crippen molar-refractivity contribution in [2.24, 2.45) is 34.5 Å². The number of carbonyl (C=O) groups is 2. The van der Waals surface area contributed by atoms with Crippen LogP contribution in [0.4, 0.5) is 0 Å². The van der Waals surface area contributed by atoms with Gasteiger partial charge in [-0.05, 0) is 74.2 Å². The molecule has 1 N–H and O–H groups in total. The minimum absolute atomic E-state index is 0.0827. The molecule has 3 nitrogen and oxygen atoms in total. The summed E-state index contributed by atoms with van der Waals surface area (Å²) in [4.78, 5) is 24.5. The molecule has 0 aromatic carbocycles. The Balaban J connectivity index is 1.73. The van der Waals surface area contributed by atoms with Gasteiger partial charge in [-0.1, -0.05) is 19.4 Å². The normalized spacial score (nSPS) is 52.5. The third-order valence-electron chi connectivity index (χ3n) is 8.31. The number of allylic oxidation sites excluding steroid dienone is 2. The van der Waals surface area contributed by atoms with Crippen LogP contribution in [-0.2, 0) is 9.59 Å². The van der Waals surface area contributed by atoms with Crippen LogP contribution in [0, 0.1) is 34.5 Å². The zero-order valence-electron chi connectivity index (χ0n) is 14.5. The summed E-state index contributed by atoms with van der Waals surface area (Å²) < 4.78 is 0. The van der Waals surface area contributed by atoms with Crippen LogP contribution >= 0.6 is 0 Å². The number of Topliss-reactive ketones (excluding diaryl/α,β-unsaturated/α-hetero) is 1. The molecule has 0 saturated heterocycles. The molecular weight excluding hydrogens is 288 g/mol. The number of hydrogen-bond donors (Lipinski definition) is 1. The van der Waals surface area contributed by atoms with Gasteiger partial charge in [0.15, 0.2) is 11.6 Å². The third-order valence-corrected chi connectivity index (χ3v) is 8.31. The Bertz CT molecular complexity index is 606. The number of ketones is 2. The van der Waals surface area contributed by atoms with Gasteiger partial charge >= 0.3 is 0 Å². The van der Waals surface area contributed by atoms with Gasteiger partial charge in [0, 0.05) is 11.8 Å². The quantitative estimate of drug-likeness (QED) is 0.746. The lowest BCUT2D eigenvalue weighted by Gasteiger charge is -2.59. The fourth-order valence-electron chi connectivity index (χ4n) is 6.85. The number of aliphatic hydroxyl groups excluding tert-OH is 1. The second kappa shape index (κ2) is 4.78. The van der Waals surface area contributed by atoms with Gasteiger partial charge in [-0.3, -0.25) is 9.59 Å². The van der Waals surface area contributed by atoms with E-state index in [2.05, 4.69) is 20.8 Å². The molecule has 0 bridgehead atoms. The van der Waals surface area contributed by atoms with Crippen LogP contribution in [0.15, 0.2) is 11.6 Å². The van der Waals surface area contributed by atoms with Crippen LogP contribution < -0.4 is 0 Å². The maximum Gasteiger partial charge on any atom is 0.167 e. The molecule has 4 aliphatic carbocycles. The Morgan fingerprint density at radius 3 is 2.61 bits per heavy atom. The van der Waals surface area contributed by atoms with E-state index in [1.807, 2.05) is 6.08 Å². The minimum Gasteiger partial charge on any atom is -0.385 e. The van der Waals surface area contributed by atoms with Crippen molar-refractivity contribution in [3.05, 3.63) is 11.6 Å². The molecule has 0 aliphatic heterocycles. The van der Waals surface area contributed by atoms with Crippen molar-refractivity contribution in [1.82, 2.24) is 0 Å². The molecule has 0 aromatic rings. The average Bonchev–Trinajstić information content (AvgIpc) is 2.73. The first-order chi connectivity index (χ1) is 10.8. The predicted molar refractivity (Wildman–Crippen MR) is 87.7 cm³/mol. The zero-order chi connectivity index (χ0) is 16.6. The molecule has 0 amide bonds. The van der Waals surface area contributed by atoms with E-state index in [1.54, 1.807) is 0 Å². The highest BCUT2D eigenvalue weighted by Crippen LogP contribution is 2.65. The fraction of sp³-hybridized carbons (Fsp3) is 0.800. The molecular formula is C20H28O3.